The summed E-state index contributed by atoms with van der Waals surface area (Å²) < 4.78 is 0. The molecule has 0 fully saturated rings. The van der Waals surface area contributed by atoms with Crippen molar-refractivity contribution in [3.63, 3.8) is 0 Å². The molecule has 1 aliphatic carbocycles. The van der Waals surface area contributed by atoms with Gasteiger partial charge >= 0.3 is 0 Å². The van der Waals surface area contributed by atoms with Crippen LogP contribution < -0.4 is 5.32 Å². The molecule has 0 radical (unpaired) electrons. The Balaban J connectivity index is 0.00000108. The van der Waals surface area contributed by atoms with Gasteiger partial charge in [-0.2, -0.15) is 0 Å². The molecule has 2 nitrogen and oxygen atoms in total. The van der Waals surface area contributed by atoms with E-state index >= 15 is 0 Å². The largest absolute Gasteiger partial charge is 0.313 e. The van der Waals surface area contributed by atoms with Gasteiger partial charge in [0.05, 0.1) is 0 Å². The highest BCUT2D eigenvalue weighted by Gasteiger charge is 2.19. The van der Waals surface area contributed by atoms with Crippen molar-refractivity contribution in [1.29, 1.82) is 0 Å². The van der Waals surface area contributed by atoms with Crippen molar-refractivity contribution in [2.75, 3.05) is 13.1 Å². The summed E-state index contributed by atoms with van der Waals surface area (Å²) in [4.78, 5) is 11.5. The average molecular weight is 250 g/mol. The normalized spacial score (nSPS) is 18.4. The van der Waals surface area contributed by atoms with Gasteiger partial charge in [-0.15, -0.1) is 12.4 Å². The number of Topliss-reactive ketones (excluding diaryl/α,β-unsaturated/α-hetero) is 1. The minimum absolute atomic E-state index is 0. The third-order valence-corrected chi connectivity index (χ3v) is 3.46. The Labute approximate surface area is 108 Å². The van der Waals surface area contributed by atoms with Gasteiger partial charge in [0.25, 0.3) is 0 Å². The van der Waals surface area contributed by atoms with E-state index in [4.69, 9.17) is 0 Å². The van der Waals surface area contributed by atoms with Gasteiger partial charge in [0.2, 0.25) is 0 Å². The Morgan fingerprint density at radius 3 is 2.76 bits per heavy atom. The predicted molar refractivity (Wildman–Crippen MR) is 71.8 cm³/mol. The van der Waals surface area contributed by atoms with Crippen LogP contribution in [0.1, 0.15) is 34.3 Å². The van der Waals surface area contributed by atoms with Gasteiger partial charge in [0.15, 0.2) is 5.78 Å². The fourth-order valence-corrected chi connectivity index (χ4v) is 2.54. The lowest BCUT2D eigenvalue weighted by molar-refractivity contribution is 0.0994. The van der Waals surface area contributed by atoms with Crippen LogP contribution in [0.5, 0.6) is 0 Å². The van der Waals surface area contributed by atoms with Gasteiger partial charge in [-0.1, -0.05) is 24.3 Å². The van der Waals surface area contributed by atoms with E-state index in [2.05, 4.69) is 23.5 Å². The van der Waals surface area contributed by atoms with Gasteiger partial charge in [-0.25, -0.2) is 0 Å². The second-order valence-corrected chi connectivity index (χ2v) is 4.48. The monoisotopic (exact) mass is 249 g/mol. The lowest BCUT2D eigenvalue weighted by Gasteiger charge is -2.14. The zero-order valence-corrected chi connectivity index (χ0v) is 10.5. The first kappa shape index (κ1) is 12.3. The van der Waals surface area contributed by atoms with Crippen LogP contribution in [0.3, 0.4) is 0 Å². The van der Waals surface area contributed by atoms with Crippen LogP contribution in [0.4, 0.5) is 0 Å². The van der Waals surface area contributed by atoms with E-state index in [-0.39, 0.29) is 12.4 Å². The maximum Gasteiger partial charge on any atom is 0.163 e. The topological polar surface area (TPSA) is 29.1 Å². The average Bonchev–Trinajstić information content (AvgIpc) is 2.72. The zero-order valence-electron chi connectivity index (χ0n) is 9.66. The molecule has 1 heterocycles. The lowest BCUT2D eigenvalue weighted by Crippen LogP contribution is -2.20. The van der Waals surface area contributed by atoms with E-state index in [1.807, 2.05) is 6.07 Å². The molecule has 0 saturated heterocycles. The van der Waals surface area contributed by atoms with Crippen LogP contribution in [-0.2, 0) is 6.42 Å². The number of carbonyl (C=O) groups is 1. The lowest BCUT2D eigenvalue weighted by atomic mass is 9.97. The van der Waals surface area contributed by atoms with Crippen LogP contribution in [0, 0.1) is 0 Å². The second-order valence-electron chi connectivity index (χ2n) is 4.48. The molecule has 0 bridgehead atoms. The Bertz CT molecular complexity index is 479. The Morgan fingerprint density at radius 2 is 2.00 bits per heavy atom. The number of ketones is 1. The highest BCUT2D eigenvalue weighted by Crippen LogP contribution is 2.27. The molecule has 2 aliphatic rings. The minimum Gasteiger partial charge on any atom is -0.313 e. The highest BCUT2D eigenvalue weighted by atomic mass is 35.5. The Kier molecular flexibility index (Phi) is 3.65. The minimum atomic E-state index is 0. The van der Waals surface area contributed by atoms with Crippen molar-refractivity contribution in [3.8, 4) is 0 Å². The molecule has 0 amide bonds. The fourth-order valence-electron chi connectivity index (χ4n) is 2.54. The van der Waals surface area contributed by atoms with Crippen LogP contribution in [-0.4, -0.2) is 18.9 Å². The van der Waals surface area contributed by atoms with Crippen LogP contribution in [0.25, 0.3) is 5.57 Å². The quantitative estimate of drug-likeness (QED) is 0.829. The second kappa shape index (κ2) is 5.03. The Morgan fingerprint density at radius 1 is 1.12 bits per heavy atom. The Hall–Kier alpha value is -1.12. The summed E-state index contributed by atoms with van der Waals surface area (Å²) in [5.41, 5.74) is 4.90. The maximum absolute atomic E-state index is 11.5. The van der Waals surface area contributed by atoms with E-state index < -0.39 is 0 Å². The van der Waals surface area contributed by atoms with Gasteiger partial charge in [0.1, 0.15) is 0 Å². The SMILES string of the molecule is Cl.O=C1CCc2cc(C3=CCNCC3)ccc21. The van der Waals surface area contributed by atoms with Gasteiger partial charge in [0, 0.05) is 18.5 Å². The number of fused-ring (bicyclic) bond motifs is 1. The molecule has 0 atom stereocenters. The predicted octanol–water partition coefficient (Wildman–Crippen LogP) is 2.61. The molecule has 90 valence electrons. The van der Waals surface area contributed by atoms with Crippen molar-refractivity contribution < 1.29 is 4.79 Å². The maximum atomic E-state index is 11.5. The van der Waals surface area contributed by atoms with Crippen molar-refractivity contribution in [2.24, 2.45) is 0 Å². The fraction of sp³-hybridized carbons (Fsp3) is 0.357. The zero-order chi connectivity index (χ0) is 11.0. The molecule has 3 heteroatoms. The van der Waals surface area contributed by atoms with Crippen molar-refractivity contribution in [2.45, 2.75) is 19.3 Å². The molecule has 17 heavy (non-hydrogen) atoms. The summed E-state index contributed by atoms with van der Waals surface area (Å²) in [5.74, 6) is 0.306. The van der Waals surface area contributed by atoms with Crippen molar-refractivity contribution in [1.82, 2.24) is 5.32 Å². The molecule has 1 aliphatic heterocycles. The molecular formula is C14H16ClNO. The summed E-state index contributed by atoms with van der Waals surface area (Å²) in [6.07, 6.45) is 4.96. The van der Waals surface area contributed by atoms with Gasteiger partial charge in [-0.05, 0) is 36.1 Å². The van der Waals surface area contributed by atoms with E-state index in [0.29, 0.717) is 12.2 Å². The summed E-state index contributed by atoms with van der Waals surface area (Å²) in [6, 6.07) is 6.31. The number of halogens is 1. The molecule has 0 saturated carbocycles. The summed E-state index contributed by atoms with van der Waals surface area (Å²) in [7, 11) is 0. The molecule has 1 aromatic carbocycles. The molecular weight excluding hydrogens is 234 g/mol. The smallest absolute Gasteiger partial charge is 0.163 e. The van der Waals surface area contributed by atoms with Crippen LogP contribution in [0.15, 0.2) is 24.3 Å². The summed E-state index contributed by atoms with van der Waals surface area (Å²) in [5, 5.41) is 3.31. The van der Waals surface area contributed by atoms with Gasteiger partial charge < -0.3 is 5.32 Å². The van der Waals surface area contributed by atoms with Crippen LogP contribution >= 0.6 is 12.4 Å². The first-order chi connectivity index (χ1) is 7.84. The number of carbonyl (C=O) groups excluding carboxylic acids is 1. The number of rotatable bonds is 1. The molecule has 1 aromatic rings. The molecule has 0 spiro atoms. The first-order valence-corrected chi connectivity index (χ1v) is 5.91. The van der Waals surface area contributed by atoms with E-state index in [1.165, 1.54) is 16.7 Å². The highest BCUT2D eigenvalue weighted by molar-refractivity contribution is 6.00. The number of nitrogens with one attached hydrogen (secondary N) is 1. The number of benzene rings is 1. The summed E-state index contributed by atoms with van der Waals surface area (Å²) >= 11 is 0. The van der Waals surface area contributed by atoms with Crippen molar-refractivity contribution in [3.05, 3.63) is 41.0 Å². The number of hydrogen-bond acceptors (Lipinski definition) is 2. The van der Waals surface area contributed by atoms with Crippen molar-refractivity contribution >= 4 is 23.8 Å². The van der Waals surface area contributed by atoms with Gasteiger partial charge in [-0.3, -0.25) is 4.79 Å². The van der Waals surface area contributed by atoms with E-state index in [0.717, 1.165) is 31.5 Å². The molecule has 0 aromatic heterocycles. The third kappa shape index (κ3) is 2.28. The standard InChI is InChI=1S/C14H15NO.ClH/c16-14-4-2-12-9-11(1-3-13(12)14)10-5-7-15-8-6-10;/h1,3,5,9,15H,2,4,6-8H2;1H. The van der Waals surface area contributed by atoms with Crippen LogP contribution in [0.2, 0.25) is 0 Å². The molecule has 3 rings (SSSR count). The summed E-state index contributed by atoms with van der Waals surface area (Å²) in [6.45, 7) is 2.02. The number of aryl methyl sites for hydroxylation is 1. The van der Waals surface area contributed by atoms with E-state index in [1.54, 1.807) is 0 Å². The van der Waals surface area contributed by atoms with E-state index in [9.17, 15) is 4.79 Å². The first-order valence-electron chi connectivity index (χ1n) is 5.91. The molecule has 1 N–H and O–H groups in total. The number of hydrogen-bond donors (Lipinski definition) is 1. The third-order valence-electron chi connectivity index (χ3n) is 3.46. The molecule has 0 unspecified atom stereocenters.